The van der Waals surface area contributed by atoms with Gasteiger partial charge >= 0.3 is 0 Å². The third-order valence-corrected chi connectivity index (χ3v) is 3.16. The molecule has 0 amide bonds. The van der Waals surface area contributed by atoms with Crippen molar-refractivity contribution in [2.24, 2.45) is 0 Å². The highest BCUT2D eigenvalue weighted by Crippen LogP contribution is 2.25. The van der Waals surface area contributed by atoms with Gasteiger partial charge in [-0.05, 0) is 37.4 Å². The Morgan fingerprint density at radius 2 is 1.94 bits per heavy atom. The number of nitrogens with one attached hydrogen (secondary N) is 1. The molecule has 0 saturated heterocycles. The average Bonchev–Trinajstić information content (AvgIpc) is 2.39. The lowest BCUT2D eigenvalue weighted by Gasteiger charge is -2.20. The Bertz CT molecular complexity index is 330. The van der Waals surface area contributed by atoms with Gasteiger partial charge in [0.15, 0.2) is 0 Å². The predicted octanol–water partition coefficient (Wildman–Crippen LogP) is 4.20. The molecule has 0 aliphatic rings. The molecule has 0 aromatic heterocycles. The van der Waals surface area contributed by atoms with Gasteiger partial charge in [-0.3, -0.25) is 0 Å². The van der Waals surface area contributed by atoms with Gasteiger partial charge in [0.25, 0.3) is 0 Å². The summed E-state index contributed by atoms with van der Waals surface area (Å²) in [6.07, 6.45) is 3.15. The molecule has 1 aromatic rings. The first kappa shape index (κ1) is 15.5. The Morgan fingerprint density at radius 1 is 1.17 bits per heavy atom. The normalized spacial score (nSPS) is 12.6. The summed E-state index contributed by atoms with van der Waals surface area (Å²) < 4.78 is 5.57. The molecule has 18 heavy (non-hydrogen) atoms. The standard InChI is InChI=1S/C15H24ClNO/c1-3-10-17-15(9-12-18-11-4-2)13-7-5-6-8-14(13)16/h5-8,15,17H,3-4,9-12H2,1-2H3. The highest BCUT2D eigenvalue weighted by molar-refractivity contribution is 6.31. The Balaban J connectivity index is 2.57. The van der Waals surface area contributed by atoms with Gasteiger partial charge in [-0.15, -0.1) is 0 Å². The van der Waals surface area contributed by atoms with Crippen LogP contribution in [0.3, 0.4) is 0 Å². The summed E-state index contributed by atoms with van der Waals surface area (Å²) in [7, 11) is 0. The molecule has 0 bridgehead atoms. The van der Waals surface area contributed by atoms with Crippen LogP contribution in [0, 0.1) is 0 Å². The maximum absolute atomic E-state index is 6.26. The summed E-state index contributed by atoms with van der Waals surface area (Å²) in [5.74, 6) is 0. The van der Waals surface area contributed by atoms with Crippen LogP contribution in [-0.4, -0.2) is 19.8 Å². The van der Waals surface area contributed by atoms with Crippen LogP contribution in [0.15, 0.2) is 24.3 Å². The maximum atomic E-state index is 6.26. The molecular formula is C15H24ClNO. The summed E-state index contributed by atoms with van der Waals surface area (Å²) in [4.78, 5) is 0. The van der Waals surface area contributed by atoms with E-state index in [0.29, 0.717) is 0 Å². The summed E-state index contributed by atoms with van der Waals surface area (Å²) >= 11 is 6.26. The van der Waals surface area contributed by atoms with Gasteiger partial charge in [-0.1, -0.05) is 43.6 Å². The smallest absolute Gasteiger partial charge is 0.0484 e. The maximum Gasteiger partial charge on any atom is 0.0484 e. The van der Waals surface area contributed by atoms with Gasteiger partial charge in [0.2, 0.25) is 0 Å². The number of rotatable bonds is 9. The second-order valence-corrected chi connectivity index (χ2v) is 4.84. The molecule has 0 radical (unpaired) electrons. The second-order valence-electron chi connectivity index (χ2n) is 4.43. The van der Waals surface area contributed by atoms with Crippen LogP contribution in [0.1, 0.15) is 44.7 Å². The van der Waals surface area contributed by atoms with Crippen LogP contribution >= 0.6 is 11.6 Å². The van der Waals surface area contributed by atoms with Crippen LogP contribution in [0.2, 0.25) is 5.02 Å². The van der Waals surface area contributed by atoms with Crippen LogP contribution in [0.4, 0.5) is 0 Å². The SMILES string of the molecule is CCCNC(CCOCCC)c1ccccc1Cl. The first-order valence-corrected chi connectivity index (χ1v) is 7.23. The van der Waals surface area contributed by atoms with Crippen molar-refractivity contribution in [3.8, 4) is 0 Å². The van der Waals surface area contributed by atoms with Gasteiger partial charge in [0, 0.05) is 24.3 Å². The monoisotopic (exact) mass is 269 g/mol. The van der Waals surface area contributed by atoms with Crippen molar-refractivity contribution >= 4 is 11.6 Å². The molecule has 0 fully saturated rings. The molecular weight excluding hydrogens is 246 g/mol. The Labute approximate surface area is 116 Å². The molecule has 0 heterocycles. The van der Waals surface area contributed by atoms with Gasteiger partial charge in [-0.25, -0.2) is 0 Å². The fraction of sp³-hybridized carbons (Fsp3) is 0.600. The first-order chi connectivity index (χ1) is 8.79. The molecule has 1 N–H and O–H groups in total. The summed E-state index contributed by atoms with van der Waals surface area (Å²) in [6, 6.07) is 8.33. The van der Waals surface area contributed by atoms with E-state index in [4.69, 9.17) is 16.3 Å². The van der Waals surface area contributed by atoms with Crippen molar-refractivity contribution in [1.82, 2.24) is 5.32 Å². The van der Waals surface area contributed by atoms with E-state index < -0.39 is 0 Å². The van der Waals surface area contributed by atoms with E-state index in [9.17, 15) is 0 Å². The topological polar surface area (TPSA) is 21.3 Å². The molecule has 1 unspecified atom stereocenters. The summed E-state index contributed by atoms with van der Waals surface area (Å²) in [5.41, 5.74) is 1.17. The quantitative estimate of drug-likeness (QED) is 0.679. The molecule has 0 saturated carbocycles. The molecule has 2 nitrogen and oxygen atoms in total. The number of halogens is 1. The highest BCUT2D eigenvalue weighted by Gasteiger charge is 2.13. The van der Waals surface area contributed by atoms with Crippen molar-refractivity contribution in [3.05, 3.63) is 34.9 Å². The lowest BCUT2D eigenvalue weighted by atomic mass is 10.0. The van der Waals surface area contributed by atoms with Gasteiger partial charge < -0.3 is 10.1 Å². The number of benzene rings is 1. The van der Waals surface area contributed by atoms with Gasteiger partial charge in [0.1, 0.15) is 0 Å². The van der Waals surface area contributed by atoms with Gasteiger partial charge in [0.05, 0.1) is 0 Å². The lowest BCUT2D eigenvalue weighted by molar-refractivity contribution is 0.124. The van der Waals surface area contributed by atoms with E-state index in [1.165, 1.54) is 5.56 Å². The Morgan fingerprint density at radius 3 is 2.61 bits per heavy atom. The van der Waals surface area contributed by atoms with Crippen molar-refractivity contribution in [3.63, 3.8) is 0 Å². The minimum absolute atomic E-state index is 0.288. The van der Waals surface area contributed by atoms with Crippen LogP contribution in [-0.2, 0) is 4.74 Å². The molecule has 1 rings (SSSR count). The minimum Gasteiger partial charge on any atom is -0.381 e. The van der Waals surface area contributed by atoms with E-state index in [0.717, 1.165) is 44.0 Å². The molecule has 102 valence electrons. The average molecular weight is 270 g/mol. The zero-order valence-electron chi connectivity index (χ0n) is 11.4. The summed E-state index contributed by atoms with van der Waals surface area (Å²) in [6.45, 7) is 6.91. The zero-order valence-corrected chi connectivity index (χ0v) is 12.2. The van der Waals surface area contributed by atoms with Crippen molar-refractivity contribution < 1.29 is 4.74 Å². The third kappa shape index (κ3) is 5.38. The van der Waals surface area contributed by atoms with E-state index in [1.807, 2.05) is 18.2 Å². The van der Waals surface area contributed by atoms with E-state index in [1.54, 1.807) is 0 Å². The van der Waals surface area contributed by atoms with Gasteiger partial charge in [-0.2, -0.15) is 0 Å². The number of hydrogen-bond donors (Lipinski definition) is 1. The van der Waals surface area contributed by atoms with Crippen LogP contribution < -0.4 is 5.32 Å². The van der Waals surface area contributed by atoms with Crippen molar-refractivity contribution in [1.29, 1.82) is 0 Å². The number of hydrogen-bond acceptors (Lipinski definition) is 2. The molecule has 3 heteroatoms. The van der Waals surface area contributed by atoms with E-state index in [2.05, 4.69) is 25.2 Å². The molecule has 0 spiro atoms. The second kappa shape index (κ2) is 9.37. The number of ether oxygens (including phenoxy) is 1. The van der Waals surface area contributed by atoms with Crippen molar-refractivity contribution in [2.75, 3.05) is 19.8 Å². The Hall–Kier alpha value is -0.570. The third-order valence-electron chi connectivity index (χ3n) is 2.82. The highest BCUT2D eigenvalue weighted by atomic mass is 35.5. The van der Waals surface area contributed by atoms with Crippen LogP contribution in [0.5, 0.6) is 0 Å². The largest absolute Gasteiger partial charge is 0.381 e. The molecule has 1 aromatic carbocycles. The fourth-order valence-electron chi connectivity index (χ4n) is 1.89. The molecule has 1 atom stereocenters. The predicted molar refractivity (Wildman–Crippen MR) is 78.2 cm³/mol. The molecule has 0 aliphatic carbocycles. The minimum atomic E-state index is 0.288. The first-order valence-electron chi connectivity index (χ1n) is 6.85. The zero-order chi connectivity index (χ0) is 13.2. The molecule has 0 aliphatic heterocycles. The summed E-state index contributed by atoms with van der Waals surface area (Å²) in [5, 5.41) is 4.37. The Kier molecular flexibility index (Phi) is 8.06. The van der Waals surface area contributed by atoms with E-state index >= 15 is 0 Å². The van der Waals surface area contributed by atoms with Crippen molar-refractivity contribution in [2.45, 2.75) is 39.2 Å². The fourth-order valence-corrected chi connectivity index (χ4v) is 2.16. The lowest BCUT2D eigenvalue weighted by Crippen LogP contribution is -2.23. The van der Waals surface area contributed by atoms with Crippen LogP contribution in [0.25, 0.3) is 0 Å². The van der Waals surface area contributed by atoms with E-state index in [-0.39, 0.29) is 6.04 Å².